The fourth-order valence-electron chi connectivity index (χ4n) is 2.85. The highest BCUT2D eigenvalue weighted by molar-refractivity contribution is 8.68. The number of carbonyl (C=O) groups is 1. The van der Waals surface area contributed by atoms with Crippen molar-refractivity contribution < 1.29 is 4.79 Å². The maximum absolute atomic E-state index is 11.9. The molecule has 1 amide bonds. The van der Waals surface area contributed by atoms with Gasteiger partial charge in [0.15, 0.2) is 0 Å². The number of thiol groups is 1. The number of aryl methyl sites for hydroxylation is 1. The molecule has 148 valence electrons. The molecule has 0 bridgehead atoms. The number of nitrogens with one attached hydrogen (secondary N) is 2. The summed E-state index contributed by atoms with van der Waals surface area (Å²) in [6, 6.07) is 3.86. The van der Waals surface area contributed by atoms with E-state index in [-0.39, 0.29) is 5.91 Å². The van der Waals surface area contributed by atoms with E-state index in [1.807, 2.05) is 12.1 Å². The van der Waals surface area contributed by atoms with Crippen LogP contribution in [-0.2, 0) is 11.2 Å². The molecule has 0 aliphatic carbocycles. The second-order valence-corrected chi connectivity index (χ2v) is 7.87. The average Bonchev–Trinajstić information content (AvgIpc) is 2.67. The van der Waals surface area contributed by atoms with Gasteiger partial charge in [0.2, 0.25) is 5.91 Å². The number of aromatic nitrogens is 1. The van der Waals surface area contributed by atoms with Gasteiger partial charge in [0.25, 0.3) is 0 Å². The van der Waals surface area contributed by atoms with E-state index in [1.165, 1.54) is 68.6 Å². The molecule has 1 aromatic heterocycles. The molecule has 0 aliphatic rings. The number of unbranched alkanes of at least 4 members (excludes halogenated alkanes) is 9. The van der Waals surface area contributed by atoms with Gasteiger partial charge in [-0.1, -0.05) is 75.5 Å². The van der Waals surface area contributed by atoms with Gasteiger partial charge in [-0.3, -0.25) is 15.2 Å². The first-order valence-electron chi connectivity index (χ1n) is 10.0. The first-order valence-corrected chi connectivity index (χ1v) is 11.9. The van der Waals surface area contributed by atoms with Crippen LogP contribution >= 0.6 is 22.5 Å². The third-order valence-electron chi connectivity index (χ3n) is 4.42. The molecule has 1 heterocycles. The molecular weight excluding hydrogens is 362 g/mol. The Labute approximate surface area is 168 Å². The van der Waals surface area contributed by atoms with E-state index in [0.717, 1.165) is 23.6 Å². The molecule has 0 aliphatic heterocycles. The highest BCUT2D eigenvalue weighted by Gasteiger charge is 2.06. The van der Waals surface area contributed by atoms with Gasteiger partial charge in [0.05, 0.1) is 5.69 Å². The van der Waals surface area contributed by atoms with Gasteiger partial charge < -0.3 is 0 Å². The molecule has 2 N–H and O–H groups in total. The van der Waals surface area contributed by atoms with Crippen LogP contribution in [0.1, 0.15) is 83.2 Å². The lowest BCUT2D eigenvalue weighted by Gasteiger charge is -2.08. The third-order valence-corrected chi connectivity index (χ3v) is 5.58. The molecule has 0 fully saturated rings. The van der Waals surface area contributed by atoms with Crippen molar-refractivity contribution in [1.29, 1.82) is 0 Å². The van der Waals surface area contributed by atoms with E-state index >= 15 is 0 Å². The molecule has 4 nitrogen and oxygen atoms in total. The number of amides is 1. The van der Waals surface area contributed by atoms with Crippen molar-refractivity contribution in [3.8, 4) is 0 Å². The van der Waals surface area contributed by atoms with E-state index < -0.39 is 0 Å². The van der Waals surface area contributed by atoms with Crippen LogP contribution in [-0.4, -0.2) is 17.4 Å². The number of hydrazine groups is 1. The zero-order valence-electron chi connectivity index (χ0n) is 16.1. The second kappa shape index (κ2) is 16.5. The highest BCUT2D eigenvalue weighted by atomic mass is 33.1. The second-order valence-electron chi connectivity index (χ2n) is 6.70. The van der Waals surface area contributed by atoms with Crippen LogP contribution in [0.4, 0.5) is 0 Å². The average molecular weight is 398 g/mol. The molecule has 0 spiro atoms. The predicted molar refractivity (Wildman–Crippen MR) is 115 cm³/mol. The van der Waals surface area contributed by atoms with Crippen molar-refractivity contribution in [3.63, 3.8) is 0 Å². The minimum Gasteiger partial charge on any atom is -0.292 e. The van der Waals surface area contributed by atoms with Gasteiger partial charge in [-0.15, -0.1) is 11.7 Å². The van der Waals surface area contributed by atoms with E-state index in [0.29, 0.717) is 12.8 Å². The Bertz CT molecular complexity index is 486. The Morgan fingerprint density at radius 1 is 1.08 bits per heavy atom. The van der Waals surface area contributed by atoms with Crippen molar-refractivity contribution in [2.45, 2.75) is 88.9 Å². The molecule has 1 rings (SSSR count). The summed E-state index contributed by atoms with van der Waals surface area (Å²) in [5.74, 6) is 0.0119. The standard InChI is InChI=1S/C20H35N3OS2/c1-2-3-4-5-6-7-8-9-10-11-17-22-23-20(24)15-14-18-19(26-25)13-12-16-21-18/h12-13,16,22,25H,2-11,14-15,17H2,1H3,(H,23,24). The van der Waals surface area contributed by atoms with Crippen molar-refractivity contribution in [3.05, 3.63) is 24.0 Å². The third kappa shape index (κ3) is 11.8. The Morgan fingerprint density at radius 3 is 2.38 bits per heavy atom. The first-order chi connectivity index (χ1) is 12.8. The number of nitrogens with zero attached hydrogens (tertiary/aromatic N) is 1. The van der Waals surface area contributed by atoms with Crippen LogP contribution in [0.15, 0.2) is 23.2 Å². The Hall–Kier alpha value is -0.720. The summed E-state index contributed by atoms with van der Waals surface area (Å²) in [6.07, 6.45) is 16.1. The van der Waals surface area contributed by atoms with E-state index in [2.05, 4.69) is 34.4 Å². The van der Waals surface area contributed by atoms with Crippen LogP contribution in [0.25, 0.3) is 0 Å². The zero-order chi connectivity index (χ0) is 18.9. The summed E-state index contributed by atoms with van der Waals surface area (Å²) >= 11 is 4.22. The maximum Gasteiger partial charge on any atom is 0.234 e. The van der Waals surface area contributed by atoms with Gasteiger partial charge in [0.1, 0.15) is 0 Å². The molecular formula is C20H35N3OS2. The van der Waals surface area contributed by atoms with Crippen molar-refractivity contribution >= 4 is 28.4 Å². The minimum atomic E-state index is 0.0119. The smallest absolute Gasteiger partial charge is 0.234 e. The number of rotatable bonds is 16. The van der Waals surface area contributed by atoms with Crippen LogP contribution < -0.4 is 10.9 Å². The molecule has 0 saturated carbocycles. The Morgan fingerprint density at radius 2 is 1.73 bits per heavy atom. The van der Waals surface area contributed by atoms with Gasteiger partial charge in [-0.05, 0) is 25.0 Å². The van der Waals surface area contributed by atoms with Gasteiger partial charge in [-0.2, -0.15) is 0 Å². The molecule has 6 heteroatoms. The largest absolute Gasteiger partial charge is 0.292 e. The normalized spacial score (nSPS) is 10.8. The number of pyridine rings is 1. The summed E-state index contributed by atoms with van der Waals surface area (Å²) < 4.78 is 0. The number of carbonyl (C=O) groups excluding carboxylic acids is 1. The fraction of sp³-hybridized carbons (Fsp3) is 0.700. The van der Waals surface area contributed by atoms with Gasteiger partial charge in [0, 0.05) is 24.1 Å². The summed E-state index contributed by atoms with van der Waals surface area (Å²) in [5.41, 5.74) is 6.74. The molecule has 1 aromatic rings. The molecule has 0 saturated heterocycles. The van der Waals surface area contributed by atoms with E-state index in [1.54, 1.807) is 6.20 Å². The molecule has 26 heavy (non-hydrogen) atoms. The summed E-state index contributed by atoms with van der Waals surface area (Å²) in [4.78, 5) is 17.2. The SMILES string of the molecule is CCCCCCCCCCCCNNC(=O)CCc1ncccc1SS. The van der Waals surface area contributed by atoms with Crippen molar-refractivity contribution in [2.24, 2.45) is 0 Å². The van der Waals surface area contributed by atoms with Crippen LogP contribution in [0.2, 0.25) is 0 Å². The van der Waals surface area contributed by atoms with Crippen LogP contribution in [0.3, 0.4) is 0 Å². The Kier molecular flexibility index (Phi) is 14.8. The lowest BCUT2D eigenvalue weighted by molar-refractivity contribution is -0.122. The van der Waals surface area contributed by atoms with E-state index in [9.17, 15) is 4.79 Å². The quantitative estimate of drug-likeness (QED) is 0.149. The topological polar surface area (TPSA) is 54.0 Å². The fourth-order valence-corrected chi connectivity index (χ4v) is 3.75. The first kappa shape index (κ1) is 23.3. The van der Waals surface area contributed by atoms with Crippen molar-refractivity contribution in [2.75, 3.05) is 6.54 Å². The number of hydrogen-bond donors (Lipinski definition) is 3. The summed E-state index contributed by atoms with van der Waals surface area (Å²) in [7, 11) is 1.37. The van der Waals surface area contributed by atoms with Gasteiger partial charge in [-0.25, -0.2) is 5.43 Å². The monoisotopic (exact) mass is 397 g/mol. The van der Waals surface area contributed by atoms with Gasteiger partial charge >= 0.3 is 0 Å². The van der Waals surface area contributed by atoms with Crippen molar-refractivity contribution in [1.82, 2.24) is 15.8 Å². The highest BCUT2D eigenvalue weighted by Crippen LogP contribution is 2.24. The van der Waals surface area contributed by atoms with E-state index in [4.69, 9.17) is 0 Å². The van der Waals surface area contributed by atoms with Crippen LogP contribution in [0.5, 0.6) is 0 Å². The summed E-state index contributed by atoms with van der Waals surface area (Å²) in [5, 5.41) is 0. The molecule has 0 aromatic carbocycles. The lowest BCUT2D eigenvalue weighted by Crippen LogP contribution is -2.38. The predicted octanol–water partition coefficient (Wildman–Crippen LogP) is 5.49. The number of hydrogen-bond acceptors (Lipinski definition) is 5. The maximum atomic E-state index is 11.9. The summed E-state index contributed by atoms with van der Waals surface area (Å²) in [6.45, 7) is 3.10. The lowest BCUT2D eigenvalue weighted by atomic mass is 10.1. The minimum absolute atomic E-state index is 0.0119. The zero-order valence-corrected chi connectivity index (χ0v) is 17.8. The van der Waals surface area contributed by atoms with Crippen LogP contribution in [0, 0.1) is 0 Å². The Balaban J connectivity index is 1.92. The molecule has 0 radical (unpaired) electrons. The molecule has 0 atom stereocenters. The molecule has 0 unspecified atom stereocenters.